The van der Waals surface area contributed by atoms with Crippen molar-refractivity contribution in [2.75, 3.05) is 12.4 Å². The molecule has 0 saturated carbocycles. The molecule has 0 aromatic heterocycles. The van der Waals surface area contributed by atoms with Crippen molar-refractivity contribution < 1.29 is 9.53 Å². The van der Waals surface area contributed by atoms with Gasteiger partial charge in [-0.15, -0.1) is 0 Å². The highest BCUT2D eigenvalue weighted by molar-refractivity contribution is 9.10. The number of para-hydroxylation sites is 1. The van der Waals surface area contributed by atoms with Crippen LogP contribution in [0.15, 0.2) is 46.9 Å². The number of ether oxygens (including phenoxy) is 1. The van der Waals surface area contributed by atoms with E-state index in [-0.39, 0.29) is 5.91 Å². The number of carbonyl (C=O) groups is 1. The van der Waals surface area contributed by atoms with E-state index in [1.807, 2.05) is 43.3 Å². The molecule has 2 rings (SSSR count). The summed E-state index contributed by atoms with van der Waals surface area (Å²) in [4.78, 5) is 12.3. The van der Waals surface area contributed by atoms with Crippen LogP contribution in [0.2, 0.25) is 0 Å². The van der Waals surface area contributed by atoms with Crippen LogP contribution in [0, 0.1) is 6.92 Å². The summed E-state index contributed by atoms with van der Waals surface area (Å²) in [6, 6.07) is 13.0. The van der Waals surface area contributed by atoms with Gasteiger partial charge in [-0.25, -0.2) is 0 Å². The Morgan fingerprint density at radius 2 is 1.89 bits per heavy atom. The maximum atomic E-state index is 12.3. The molecule has 0 heterocycles. The van der Waals surface area contributed by atoms with E-state index in [2.05, 4.69) is 21.2 Å². The van der Waals surface area contributed by atoms with Crippen molar-refractivity contribution in [1.29, 1.82) is 0 Å². The number of halogens is 1. The van der Waals surface area contributed by atoms with E-state index in [1.165, 1.54) is 0 Å². The van der Waals surface area contributed by atoms with Crippen molar-refractivity contribution >= 4 is 27.5 Å². The lowest BCUT2D eigenvalue weighted by Gasteiger charge is -2.12. The van der Waals surface area contributed by atoms with E-state index in [0.29, 0.717) is 11.3 Å². The lowest BCUT2D eigenvalue weighted by Crippen LogP contribution is -2.13. The van der Waals surface area contributed by atoms with E-state index >= 15 is 0 Å². The van der Waals surface area contributed by atoms with Crippen LogP contribution in [-0.2, 0) is 0 Å². The standard InChI is InChI=1S/C15H14BrNO2/c1-10-8-11(16)9-13(14(10)19-2)15(18)17-12-6-4-3-5-7-12/h3-9H,1-2H3,(H,17,18). The number of anilines is 1. The first-order valence-corrected chi connectivity index (χ1v) is 6.61. The molecule has 0 bridgehead atoms. The summed E-state index contributed by atoms with van der Waals surface area (Å²) in [7, 11) is 1.57. The topological polar surface area (TPSA) is 38.3 Å². The van der Waals surface area contributed by atoms with Gasteiger partial charge in [0, 0.05) is 10.2 Å². The van der Waals surface area contributed by atoms with Crippen LogP contribution in [-0.4, -0.2) is 13.0 Å². The molecule has 0 saturated heterocycles. The van der Waals surface area contributed by atoms with Gasteiger partial charge in [-0.1, -0.05) is 34.1 Å². The fourth-order valence-electron chi connectivity index (χ4n) is 1.89. The van der Waals surface area contributed by atoms with Crippen molar-refractivity contribution in [3.05, 3.63) is 58.1 Å². The smallest absolute Gasteiger partial charge is 0.259 e. The Kier molecular flexibility index (Phi) is 4.22. The van der Waals surface area contributed by atoms with E-state index < -0.39 is 0 Å². The van der Waals surface area contributed by atoms with E-state index in [4.69, 9.17) is 4.74 Å². The van der Waals surface area contributed by atoms with Gasteiger partial charge in [0.25, 0.3) is 5.91 Å². The normalized spacial score (nSPS) is 10.1. The predicted molar refractivity (Wildman–Crippen MR) is 79.8 cm³/mol. The number of hydrogen-bond donors (Lipinski definition) is 1. The molecule has 0 atom stereocenters. The van der Waals surface area contributed by atoms with Gasteiger partial charge in [0.2, 0.25) is 0 Å². The van der Waals surface area contributed by atoms with Crippen LogP contribution < -0.4 is 10.1 Å². The van der Waals surface area contributed by atoms with Gasteiger partial charge < -0.3 is 10.1 Å². The molecule has 0 fully saturated rings. The van der Waals surface area contributed by atoms with Crippen LogP contribution >= 0.6 is 15.9 Å². The third-order valence-electron chi connectivity index (χ3n) is 2.72. The van der Waals surface area contributed by atoms with Crippen molar-refractivity contribution in [2.24, 2.45) is 0 Å². The molecule has 0 aliphatic carbocycles. The van der Waals surface area contributed by atoms with Crippen LogP contribution in [0.1, 0.15) is 15.9 Å². The van der Waals surface area contributed by atoms with E-state index in [0.717, 1.165) is 15.7 Å². The number of nitrogens with one attached hydrogen (secondary N) is 1. The van der Waals surface area contributed by atoms with Gasteiger partial charge in [0.1, 0.15) is 5.75 Å². The molecule has 4 heteroatoms. The summed E-state index contributed by atoms with van der Waals surface area (Å²) in [5, 5.41) is 2.85. The second-order valence-corrected chi connectivity index (χ2v) is 5.04. The largest absolute Gasteiger partial charge is 0.496 e. The lowest BCUT2D eigenvalue weighted by molar-refractivity contribution is 0.102. The zero-order valence-corrected chi connectivity index (χ0v) is 12.3. The maximum Gasteiger partial charge on any atom is 0.259 e. The minimum absolute atomic E-state index is 0.188. The minimum atomic E-state index is -0.188. The molecule has 0 unspecified atom stereocenters. The summed E-state index contributed by atoms with van der Waals surface area (Å²) in [5.41, 5.74) is 2.18. The predicted octanol–water partition coefficient (Wildman–Crippen LogP) is 4.02. The summed E-state index contributed by atoms with van der Waals surface area (Å²) < 4.78 is 6.16. The van der Waals surface area contributed by atoms with Crippen molar-refractivity contribution in [1.82, 2.24) is 0 Å². The molecule has 3 nitrogen and oxygen atoms in total. The van der Waals surface area contributed by atoms with Crippen molar-refractivity contribution in [2.45, 2.75) is 6.92 Å². The fourth-order valence-corrected chi connectivity index (χ4v) is 2.46. The highest BCUT2D eigenvalue weighted by Crippen LogP contribution is 2.28. The Labute approximate surface area is 120 Å². The summed E-state index contributed by atoms with van der Waals surface area (Å²) in [6.07, 6.45) is 0. The van der Waals surface area contributed by atoms with Crippen LogP contribution in [0.4, 0.5) is 5.69 Å². The molecule has 1 N–H and O–H groups in total. The Morgan fingerprint density at radius 1 is 1.21 bits per heavy atom. The number of carbonyl (C=O) groups excluding carboxylic acids is 1. The van der Waals surface area contributed by atoms with Crippen molar-refractivity contribution in [3.63, 3.8) is 0 Å². The van der Waals surface area contributed by atoms with Crippen LogP contribution in [0.25, 0.3) is 0 Å². The minimum Gasteiger partial charge on any atom is -0.496 e. The summed E-state index contributed by atoms with van der Waals surface area (Å²) in [5.74, 6) is 0.407. The van der Waals surface area contributed by atoms with Gasteiger partial charge in [-0.2, -0.15) is 0 Å². The molecule has 98 valence electrons. The monoisotopic (exact) mass is 319 g/mol. The first kappa shape index (κ1) is 13.6. The Morgan fingerprint density at radius 3 is 2.53 bits per heavy atom. The van der Waals surface area contributed by atoms with Gasteiger partial charge in [-0.05, 0) is 36.8 Å². The first-order valence-electron chi connectivity index (χ1n) is 5.82. The third kappa shape index (κ3) is 3.15. The van der Waals surface area contributed by atoms with Gasteiger partial charge in [0.15, 0.2) is 0 Å². The molecule has 19 heavy (non-hydrogen) atoms. The number of aryl methyl sites for hydroxylation is 1. The number of benzene rings is 2. The molecular formula is C15H14BrNO2. The molecule has 0 aliphatic rings. The van der Waals surface area contributed by atoms with E-state index in [9.17, 15) is 4.79 Å². The second kappa shape index (κ2) is 5.89. The SMILES string of the molecule is COc1c(C)cc(Br)cc1C(=O)Nc1ccccc1. The fraction of sp³-hybridized carbons (Fsp3) is 0.133. The number of rotatable bonds is 3. The number of hydrogen-bond acceptors (Lipinski definition) is 2. The molecule has 0 radical (unpaired) electrons. The summed E-state index contributed by atoms with van der Waals surface area (Å²) >= 11 is 3.39. The molecule has 1 amide bonds. The zero-order chi connectivity index (χ0) is 13.8. The van der Waals surface area contributed by atoms with Crippen LogP contribution in [0.5, 0.6) is 5.75 Å². The average molecular weight is 320 g/mol. The van der Waals surface area contributed by atoms with Crippen LogP contribution in [0.3, 0.4) is 0 Å². The quantitative estimate of drug-likeness (QED) is 0.928. The Hall–Kier alpha value is -1.81. The summed E-state index contributed by atoms with van der Waals surface area (Å²) in [6.45, 7) is 1.91. The zero-order valence-electron chi connectivity index (χ0n) is 10.7. The maximum absolute atomic E-state index is 12.3. The third-order valence-corrected chi connectivity index (χ3v) is 3.18. The molecule has 0 aliphatic heterocycles. The van der Waals surface area contributed by atoms with E-state index in [1.54, 1.807) is 13.2 Å². The van der Waals surface area contributed by atoms with Gasteiger partial charge in [-0.3, -0.25) is 4.79 Å². The Bertz CT molecular complexity index is 597. The molecule has 2 aromatic rings. The van der Waals surface area contributed by atoms with Gasteiger partial charge in [0.05, 0.1) is 12.7 Å². The number of amides is 1. The van der Waals surface area contributed by atoms with Gasteiger partial charge >= 0.3 is 0 Å². The number of methoxy groups -OCH3 is 1. The molecule has 0 spiro atoms. The molecule has 2 aromatic carbocycles. The average Bonchev–Trinajstić information content (AvgIpc) is 2.39. The second-order valence-electron chi connectivity index (χ2n) is 4.12. The first-order chi connectivity index (χ1) is 9.11. The highest BCUT2D eigenvalue weighted by atomic mass is 79.9. The highest BCUT2D eigenvalue weighted by Gasteiger charge is 2.15. The molecular weight excluding hydrogens is 306 g/mol. The Balaban J connectivity index is 2.33. The van der Waals surface area contributed by atoms with Crippen molar-refractivity contribution in [3.8, 4) is 5.75 Å². The lowest BCUT2D eigenvalue weighted by atomic mass is 10.1.